The molecule has 0 spiro atoms. The van der Waals surface area contributed by atoms with Crippen LogP contribution in [0.15, 0.2) is 0 Å². The maximum atomic E-state index is 11.6. The number of amides is 3. The zero-order valence-corrected chi connectivity index (χ0v) is 8.86. The minimum atomic E-state index is -0.450. The summed E-state index contributed by atoms with van der Waals surface area (Å²) in [5.74, 6) is -0.275. The Morgan fingerprint density at radius 3 is 2.73 bits per heavy atom. The maximum Gasteiger partial charge on any atom is 0.325 e. The summed E-state index contributed by atoms with van der Waals surface area (Å²) in [5.41, 5.74) is 0. The highest BCUT2D eigenvalue weighted by atomic mass is 16.2. The van der Waals surface area contributed by atoms with Gasteiger partial charge in [-0.25, -0.2) is 4.79 Å². The second-order valence-electron chi connectivity index (χ2n) is 3.61. The van der Waals surface area contributed by atoms with E-state index in [4.69, 9.17) is 0 Å². The monoisotopic (exact) mass is 212 g/mol. The average Bonchev–Trinajstić information content (AvgIpc) is 2.47. The molecule has 1 aliphatic heterocycles. The first-order chi connectivity index (χ1) is 7.20. The fraction of sp³-hybridized carbons (Fsp3) is 0.700. The summed E-state index contributed by atoms with van der Waals surface area (Å²) in [4.78, 5) is 34.0. The molecular weight excluding hydrogens is 196 g/mol. The Morgan fingerprint density at radius 2 is 2.13 bits per heavy atom. The van der Waals surface area contributed by atoms with Gasteiger partial charge in [-0.3, -0.25) is 9.69 Å². The molecule has 0 bridgehead atoms. The molecule has 15 heavy (non-hydrogen) atoms. The third-order valence-corrected chi connectivity index (χ3v) is 2.46. The SMILES string of the molecule is CCCCCC1NC(=O)N(CC=O)C1=O. The highest BCUT2D eigenvalue weighted by molar-refractivity contribution is 6.05. The van der Waals surface area contributed by atoms with E-state index in [1.807, 2.05) is 0 Å². The van der Waals surface area contributed by atoms with Crippen LogP contribution in [-0.4, -0.2) is 35.7 Å². The molecule has 0 radical (unpaired) electrons. The van der Waals surface area contributed by atoms with Gasteiger partial charge in [0.25, 0.3) is 5.91 Å². The van der Waals surface area contributed by atoms with Crippen molar-refractivity contribution in [3.63, 3.8) is 0 Å². The van der Waals surface area contributed by atoms with Gasteiger partial charge in [0.05, 0.1) is 6.54 Å². The summed E-state index contributed by atoms with van der Waals surface area (Å²) in [5, 5.41) is 2.58. The quantitative estimate of drug-likeness (QED) is 0.400. The van der Waals surface area contributed by atoms with Gasteiger partial charge in [0.15, 0.2) is 0 Å². The standard InChI is InChI=1S/C10H16N2O3/c1-2-3-4-5-8-9(14)12(6-7-13)10(15)11-8/h7-8H,2-6H2,1H3,(H,11,15). The van der Waals surface area contributed by atoms with Crippen LogP contribution >= 0.6 is 0 Å². The fourth-order valence-electron chi connectivity index (χ4n) is 1.62. The first-order valence-electron chi connectivity index (χ1n) is 5.26. The number of rotatable bonds is 6. The van der Waals surface area contributed by atoms with E-state index < -0.39 is 12.1 Å². The molecule has 5 heteroatoms. The predicted molar refractivity (Wildman–Crippen MR) is 54.2 cm³/mol. The number of imide groups is 1. The fourth-order valence-corrected chi connectivity index (χ4v) is 1.62. The number of aldehydes is 1. The second-order valence-corrected chi connectivity index (χ2v) is 3.61. The number of hydrogen-bond acceptors (Lipinski definition) is 3. The van der Waals surface area contributed by atoms with Crippen molar-refractivity contribution in [2.45, 2.75) is 38.6 Å². The number of carbonyl (C=O) groups is 3. The Kier molecular flexibility index (Phi) is 4.27. The highest BCUT2D eigenvalue weighted by Gasteiger charge is 2.36. The van der Waals surface area contributed by atoms with Gasteiger partial charge in [-0.2, -0.15) is 0 Å². The van der Waals surface area contributed by atoms with Crippen LogP contribution in [0.25, 0.3) is 0 Å². The molecule has 1 aliphatic rings. The number of nitrogens with zero attached hydrogens (tertiary/aromatic N) is 1. The van der Waals surface area contributed by atoms with Crippen molar-refractivity contribution in [3.05, 3.63) is 0 Å². The van der Waals surface area contributed by atoms with Crippen LogP contribution in [0.4, 0.5) is 4.79 Å². The minimum absolute atomic E-state index is 0.144. The normalized spacial score (nSPS) is 20.6. The van der Waals surface area contributed by atoms with E-state index >= 15 is 0 Å². The highest BCUT2D eigenvalue weighted by Crippen LogP contribution is 2.12. The number of carbonyl (C=O) groups excluding carboxylic acids is 3. The van der Waals surface area contributed by atoms with Gasteiger partial charge in [0.1, 0.15) is 12.3 Å². The van der Waals surface area contributed by atoms with Crippen molar-refractivity contribution in [1.29, 1.82) is 0 Å². The van der Waals surface area contributed by atoms with Gasteiger partial charge in [-0.15, -0.1) is 0 Å². The van der Waals surface area contributed by atoms with E-state index in [-0.39, 0.29) is 12.5 Å². The van der Waals surface area contributed by atoms with Crippen LogP contribution in [0.2, 0.25) is 0 Å². The van der Waals surface area contributed by atoms with Crippen LogP contribution in [0.1, 0.15) is 32.6 Å². The van der Waals surface area contributed by atoms with Crippen LogP contribution in [0.5, 0.6) is 0 Å². The van der Waals surface area contributed by atoms with Crippen LogP contribution in [0, 0.1) is 0 Å². The molecule has 1 atom stereocenters. The van der Waals surface area contributed by atoms with Crippen molar-refractivity contribution in [3.8, 4) is 0 Å². The first-order valence-corrected chi connectivity index (χ1v) is 5.26. The van der Waals surface area contributed by atoms with Gasteiger partial charge in [-0.1, -0.05) is 26.2 Å². The molecule has 1 rings (SSSR count). The molecular formula is C10H16N2O3. The molecule has 0 saturated carbocycles. The lowest BCUT2D eigenvalue weighted by atomic mass is 10.1. The molecule has 0 aliphatic carbocycles. The number of nitrogens with one attached hydrogen (secondary N) is 1. The summed E-state index contributed by atoms with van der Waals surface area (Å²) < 4.78 is 0. The Bertz CT molecular complexity index is 265. The second kappa shape index (κ2) is 5.48. The van der Waals surface area contributed by atoms with Crippen molar-refractivity contribution < 1.29 is 14.4 Å². The van der Waals surface area contributed by atoms with Gasteiger partial charge in [0, 0.05) is 0 Å². The summed E-state index contributed by atoms with van der Waals surface area (Å²) in [7, 11) is 0. The summed E-state index contributed by atoms with van der Waals surface area (Å²) in [6.45, 7) is 1.93. The van der Waals surface area contributed by atoms with Crippen LogP contribution < -0.4 is 5.32 Å². The van der Waals surface area contributed by atoms with Gasteiger partial charge in [-0.05, 0) is 6.42 Å². The van der Waals surface area contributed by atoms with Gasteiger partial charge < -0.3 is 10.1 Å². The maximum absolute atomic E-state index is 11.6. The molecule has 1 heterocycles. The van der Waals surface area contributed by atoms with E-state index in [2.05, 4.69) is 12.2 Å². The van der Waals surface area contributed by atoms with Gasteiger partial charge in [0.2, 0.25) is 0 Å². The summed E-state index contributed by atoms with van der Waals surface area (Å²) >= 11 is 0. The molecule has 5 nitrogen and oxygen atoms in total. The largest absolute Gasteiger partial charge is 0.326 e. The molecule has 3 amide bonds. The van der Waals surface area contributed by atoms with Crippen molar-refractivity contribution >= 4 is 18.2 Å². The Labute approximate surface area is 88.8 Å². The third-order valence-electron chi connectivity index (χ3n) is 2.46. The number of hydrogen-bond donors (Lipinski definition) is 1. The number of urea groups is 1. The number of unbranched alkanes of at least 4 members (excludes halogenated alkanes) is 2. The zero-order valence-electron chi connectivity index (χ0n) is 8.86. The van der Waals surface area contributed by atoms with E-state index in [1.165, 1.54) is 0 Å². The molecule has 1 N–H and O–H groups in total. The van der Waals surface area contributed by atoms with Crippen molar-refractivity contribution in [2.75, 3.05) is 6.54 Å². The van der Waals surface area contributed by atoms with E-state index in [0.717, 1.165) is 24.2 Å². The smallest absolute Gasteiger partial charge is 0.325 e. The van der Waals surface area contributed by atoms with Crippen LogP contribution in [-0.2, 0) is 9.59 Å². The lowest BCUT2D eigenvalue weighted by Gasteiger charge is -2.08. The average molecular weight is 212 g/mol. The molecule has 0 aromatic carbocycles. The third kappa shape index (κ3) is 2.78. The van der Waals surface area contributed by atoms with Crippen LogP contribution in [0.3, 0.4) is 0 Å². The van der Waals surface area contributed by atoms with E-state index in [0.29, 0.717) is 12.7 Å². The van der Waals surface area contributed by atoms with Crippen molar-refractivity contribution in [1.82, 2.24) is 10.2 Å². The Hall–Kier alpha value is -1.39. The lowest BCUT2D eigenvalue weighted by Crippen LogP contribution is -2.33. The molecule has 1 unspecified atom stereocenters. The lowest BCUT2D eigenvalue weighted by molar-refractivity contribution is -0.129. The molecule has 0 aromatic rings. The van der Waals surface area contributed by atoms with E-state index in [9.17, 15) is 14.4 Å². The molecule has 1 saturated heterocycles. The Balaban J connectivity index is 2.45. The Morgan fingerprint density at radius 1 is 1.40 bits per heavy atom. The molecule has 84 valence electrons. The zero-order chi connectivity index (χ0) is 11.3. The van der Waals surface area contributed by atoms with Gasteiger partial charge >= 0.3 is 6.03 Å². The topological polar surface area (TPSA) is 66.5 Å². The summed E-state index contributed by atoms with van der Waals surface area (Å²) in [6, 6.07) is -0.877. The molecule has 0 aromatic heterocycles. The first kappa shape index (κ1) is 11.7. The van der Waals surface area contributed by atoms with Crippen molar-refractivity contribution in [2.24, 2.45) is 0 Å². The molecule has 1 fully saturated rings. The summed E-state index contributed by atoms with van der Waals surface area (Å²) in [6.07, 6.45) is 4.27. The minimum Gasteiger partial charge on any atom is -0.326 e. The predicted octanol–water partition coefficient (Wildman–Crippen LogP) is 0.686. The van der Waals surface area contributed by atoms with E-state index in [1.54, 1.807) is 0 Å².